The van der Waals surface area contributed by atoms with Gasteiger partial charge in [0.25, 0.3) is 0 Å². The van der Waals surface area contributed by atoms with Gasteiger partial charge in [-0.15, -0.1) is 0 Å². The summed E-state index contributed by atoms with van der Waals surface area (Å²) in [5, 5.41) is 5.82. The minimum Gasteiger partial charge on any atom is -0.496 e. The first-order chi connectivity index (χ1) is 15.8. The number of pyridine rings is 1. The number of alkyl halides is 3. The van der Waals surface area contributed by atoms with Crippen LogP contribution in [0.15, 0.2) is 48.8 Å². The van der Waals surface area contributed by atoms with Crippen LogP contribution in [-0.4, -0.2) is 30.6 Å². The number of rotatable bonds is 4. The molecule has 33 heavy (non-hydrogen) atoms. The molecule has 2 aromatic carbocycles. The molecule has 170 valence electrons. The highest BCUT2D eigenvalue weighted by Crippen LogP contribution is 2.42. The van der Waals surface area contributed by atoms with E-state index < -0.39 is 17.8 Å². The number of benzene rings is 2. The molecule has 0 bridgehead atoms. The number of anilines is 2. The van der Waals surface area contributed by atoms with Crippen molar-refractivity contribution in [3.63, 3.8) is 0 Å². The Hall–Kier alpha value is -3.75. The van der Waals surface area contributed by atoms with E-state index in [1.54, 1.807) is 12.4 Å². The molecule has 0 spiro atoms. The Morgan fingerprint density at radius 1 is 1.24 bits per heavy atom. The van der Waals surface area contributed by atoms with E-state index in [2.05, 4.69) is 15.6 Å². The molecule has 1 atom stereocenters. The number of carbonyl (C=O) groups is 1. The van der Waals surface area contributed by atoms with Crippen molar-refractivity contribution in [2.24, 2.45) is 0 Å². The number of amides is 1. The van der Waals surface area contributed by atoms with Crippen LogP contribution in [0, 0.1) is 0 Å². The van der Waals surface area contributed by atoms with E-state index in [9.17, 15) is 18.0 Å². The Morgan fingerprint density at radius 2 is 2.09 bits per heavy atom. The lowest BCUT2D eigenvalue weighted by Crippen LogP contribution is -2.32. The molecule has 1 unspecified atom stereocenters. The summed E-state index contributed by atoms with van der Waals surface area (Å²) in [5.74, 6) is 0.178. The van der Waals surface area contributed by atoms with Crippen LogP contribution in [0.25, 0.3) is 11.1 Å². The number of fused-ring (bicyclic) bond motifs is 2. The Kier molecular flexibility index (Phi) is 5.11. The zero-order valence-corrected chi connectivity index (χ0v) is 17.6. The van der Waals surface area contributed by atoms with Crippen LogP contribution < -0.4 is 20.1 Å². The van der Waals surface area contributed by atoms with Crippen LogP contribution in [0.1, 0.15) is 16.7 Å². The number of aromatic nitrogens is 1. The second-order valence-corrected chi connectivity index (χ2v) is 7.95. The standard InChI is InChI=1S/C24H20F3N3O3/c1-32-21-9-15-8-20(30-19(15)11-18(21)24(25,26)27)23(31)29-16-7-13-4-6-33-22(13)17(10-16)14-3-2-5-28-12-14/h2-3,5,7,9-12,20,30H,4,6,8H2,1H3,(H,29,31). The average molecular weight is 455 g/mol. The van der Waals surface area contributed by atoms with Gasteiger partial charge in [-0.05, 0) is 35.9 Å². The number of halogens is 3. The molecule has 2 aliphatic rings. The van der Waals surface area contributed by atoms with Gasteiger partial charge in [0.05, 0.1) is 19.3 Å². The normalized spacial score (nSPS) is 16.4. The van der Waals surface area contributed by atoms with Crippen molar-refractivity contribution in [1.82, 2.24) is 4.98 Å². The maximum Gasteiger partial charge on any atom is 0.420 e. The fraction of sp³-hybridized carbons (Fsp3) is 0.250. The van der Waals surface area contributed by atoms with Crippen molar-refractivity contribution < 1.29 is 27.4 Å². The first-order valence-electron chi connectivity index (χ1n) is 10.4. The monoisotopic (exact) mass is 455 g/mol. The van der Waals surface area contributed by atoms with Gasteiger partial charge in [-0.3, -0.25) is 9.78 Å². The quantitative estimate of drug-likeness (QED) is 0.598. The summed E-state index contributed by atoms with van der Waals surface area (Å²) < 4.78 is 50.7. The van der Waals surface area contributed by atoms with E-state index in [0.717, 1.165) is 34.9 Å². The van der Waals surface area contributed by atoms with Gasteiger partial charge in [-0.25, -0.2) is 0 Å². The molecule has 0 radical (unpaired) electrons. The fourth-order valence-electron chi connectivity index (χ4n) is 4.28. The highest BCUT2D eigenvalue weighted by molar-refractivity contribution is 5.99. The number of hydrogen-bond donors (Lipinski definition) is 2. The number of ether oxygens (including phenoxy) is 2. The predicted octanol–water partition coefficient (Wildman–Crippen LogP) is 4.69. The lowest BCUT2D eigenvalue weighted by atomic mass is 10.0. The Balaban J connectivity index is 1.39. The van der Waals surface area contributed by atoms with Gasteiger partial charge in [0.1, 0.15) is 17.5 Å². The summed E-state index contributed by atoms with van der Waals surface area (Å²) in [4.78, 5) is 17.2. The van der Waals surface area contributed by atoms with E-state index in [1.165, 1.54) is 13.2 Å². The molecule has 0 fully saturated rings. The van der Waals surface area contributed by atoms with E-state index in [-0.39, 0.29) is 23.8 Å². The molecule has 0 saturated carbocycles. The lowest BCUT2D eigenvalue weighted by Gasteiger charge is -2.15. The van der Waals surface area contributed by atoms with Crippen molar-refractivity contribution in [3.8, 4) is 22.6 Å². The summed E-state index contributed by atoms with van der Waals surface area (Å²) in [6.07, 6.45) is -0.182. The Labute approximate surface area is 187 Å². The Morgan fingerprint density at radius 3 is 2.82 bits per heavy atom. The highest BCUT2D eigenvalue weighted by atomic mass is 19.4. The smallest absolute Gasteiger partial charge is 0.420 e. The summed E-state index contributed by atoms with van der Waals surface area (Å²) in [6.45, 7) is 0.558. The average Bonchev–Trinajstić information content (AvgIpc) is 3.44. The third kappa shape index (κ3) is 3.94. The van der Waals surface area contributed by atoms with E-state index in [0.29, 0.717) is 17.9 Å². The lowest BCUT2D eigenvalue weighted by molar-refractivity contribution is -0.138. The van der Waals surface area contributed by atoms with Gasteiger partial charge >= 0.3 is 6.18 Å². The first-order valence-corrected chi connectivity index (χ1v) is 10.4. The van der Waals surface area contributed by atoms with Crippen molar-refractivity contribution >= 4 is 17.3 Å². The summed E-state index contributed by atoms with van der Waals surface area (Å²) in [6, 6.07) is 9.06. The van der Waals surface area contributed by atoms with Crippen LogP contribution in [0.5, 0.6) is 11.5 Å². The molecule has 2 aliphatic heterocycles. The third-order valence-corrected chi connectivity index (χ3v) is 5.82. The second-order valence-electron chi connectivity index (χ2n) is 7.95. The minimum absolute atomic E-state index is 0.249. The predicted molar refractivity (Wildman–Crippen MR) is 117 cm³/mol. The van der Waals surface area contributed by atoms with Crippen molar-refractivity contribution in [3.05, 3.63) is 65.5 Å². The van der Waals surface area contributed by atoms with Crippen LogP contribution in [0.2, 0.25) is 0 Å². The topological polar surface area (TPSA) is 72.5 Å². The molecule has 6 nitrogen and oxygen atoms in total. The number of carbonyl (C=O) groups excluding carboxylic acids is 1. The third-order valence-electron chi connectivity index (χ3n) is 5.82. The van der Waals surface area contributed by atoms with E-state index >= 15 is 0 Å². The Bertz CT molecular complexity index is 1230. The van der Waals surface area contributed by atoms with E-state index in [1.807, 2.05) is 24.3 Å². The van der Waals surface area contributed by atoms with Crippen LogP contribution >= 0.6 is 0 Å². The van der Waals surface area contributed by atoms with Crippen LogP contribution in [0.4, 0.5) is 24.5 Å². The summed E-state index contributed by atoms with van der Waals surface area (Å²) in [5.41, 5.74) is 3.26. The van der Waals surface area contributed by atoms with E-state index in [4.69, 9.17) is 9.47 Å². The van der Waals surface area contributed by atoms with Crippen molar-refractivity contribution in [2.45, 2.75) is 25.1 Å². The molecule has 9 heteroatoms. The van der Waals surface area contributed by atoms with Crippen molar-refractivity contribution in [1.29, 1.82) is 0 Å². The summed E-state index contributed by atoms with van der Waals surface area (Å²) in [7, 11) is 1.20. The van der Waals surface area contributed by atoms with Gasteiger partial charge in [-0.1, -0.05) is 6.07 Å². The van der Waals surface area contributed by atoms with Crippen LogP contribution in [-0.2, 0) is 23.8 Å². The molecular weight excluding hydrogens is 435 g/mol. The number of nitrogens with zero attached hydrogens (tertiary/aromatic N) is 1. The fourth-order valence-corrected chi connectivity index (χ4v) is 4.28. The number of methoxy groups -OCH3 is 1. The molecule has 0 saturated heterocycles. The van der Waals surface area contributed by atoms with Gasteiger partial charge in [0, 0.05) is 53.3 Å². The first kappa shape index (κ1) is 21.1. The molecular formula is C24H20F3N3O3. The van der Waals surface area contributed by atoms with Crippen LogP contribution in [0.3, 0.4) is 0 Å². The molecule has 0 aliphatic carbocycles. The largest absolute Gasteiger partial charge is 0.496 e. The zero-order chi connectivity index (χ0) is 23.2. The zero-order valence-electron chi connectivity index (χ0n) is 17.6. The molecule has 3 heterocycles. The minimum atomic E-state index is -4.56. The highest BCUT2D eigenvalue weighted by Gasteiger charge is 2.37. The number of nitrogens with one attached hydrogen (secondary N) is 2. The number of hydrogen-bond acceptors (Lipinski definition) is 5. The van der Waals surface area contributed by atoms with Gasteiger partial charge in [0.15, 0.2) is 0 Å². The van der Waals surface area contributed by atoms with Gasteiger partial charge < -0.3 is 20.1 Å². The summed E-state index contributed by atoms with van der Waals surface area (Å²) >= 11 is 0. The van der Waals surface area contributed by atoms with Gasteiger partial charge in [0.2, 0.25) is 5.91 Å². The molecule has 1 aromatic heterocycles. The van der Waals surface area contributed by atoms with Crippen molar-refractivity contribution in [2.75, 3.05) is 24.4 Å². The maximum atomic E-state index is 13.3. The molecule has 3 aromatic rings. The molecule has 5 rings (SSSR count). The maximum absolute atomic E-state index is 13.3. The molecule has 2 N–H and O–H groups in total. The van der Waals surface area contributed by atoms with Gasteiger partial charge in [-0.2, -0.15) is 13.2 Å². The SMILES string of the molecule is COc1cc2c(cc1C(F)(F)F)NC(C(=O)Nc1cc3c(c(-c4cccnc4)c1)OCC3)C2. The second kappa shape index (κ2) is 7.99. The molecule has 1 amide bonds.